The van der Waals surface area contributed by atoms with E-state index >= 15 is 0 Å². The van der Waals surface area contributed by atoms with Gasteiger partial charge in [0.15, 0.2) is 6.10 Å². The van der Waals surface area contributed by atoms with Gasteiger partial charge in [-0.3, -0.25) is 9.69 Å². The fourth-order valence-corrected chi connectivity index (χ4v) is 4.63. The quantitative estimate of drug-likeness (QED) is 0.684. The van der Waals surface area contributed by atoms with Crippen LogP contribution in [0.4, 0.5) is 5.82 Å². The summed E-state index contributed by atoms with van der Waals surface area (Å²) in [5.41, 5.74) is 0. The molecule has 0 saturated carbocycles. The molecule has 0 aliphatic carbocycles. The molecule has 1 aromatic heterocycles. The molecule has 0 radical (unpaired) electrons. The number of carbonyl (C=O) groups is 1. The van der Waals surface area contributed by atoms with Gasteiger partial charge < -0.3 is 14.5 Å². The van der Waals surface area contributed by atoms with E-state index in [4.69, 9.17) is 16.3 Å². The van der Waals surface area contributed by atoms with Crippen molar-refractivity contribution in [2.24, 2.45) is 5.92 Å². The van der Waals surface area contributed by atoms with Crippen LogP contribution < -0.4 is 9.64 Å². The molecule has 0 bridgehead atoms. The number of piperazine rings is 1. The third kappa shape index (κ3) is 5.89. The Bertz CT molecular complexity index is 840. The zero-order valence-corrected chi connectivity index (χ0v) is 18.9. The molecule has 2 saturated heterocycles. The standard InChI is InChI=1S/C24H31ClN4O2/c1-19(31-22-9-7-21(25)8-10-22)24(30)29-12-4-5-20(18-29)17-27-13-15-28(16-14-27)23-6-2-3-11-26-23/h2-3,6-11,19-20H,4-5,12-18H2,1H3. The van der Waals surface area contributed by atoms with Gasteiger partial charge in [0.05, 0.1) is 0 Å². The maximum atomic E-state index is 13.0. The van der Waals surface area contributed by atoms with Crippen molar-refractivity contribution < 1.29 is 9.53 Å². The number of amides is 1. The summed E-state index contributed by atoms with van der Waals surface area (Å²) < 4.78 is 5.85. The first kappa shape index (κ1) is 21.9. The molecular weight excluding hydrogens is 412 g/mol. The Kier molecular flexibility index (Phi) is 7.30. The lowest BCUT2D eigenvalue weighted by Gasteiger charge is -2.40. The van der Waals surface area contributed by atoms with Crippen molar-refractivity contribution in [3.05, 3.63) is 53.7 Å². The van der Waals surface area contributed by atoms with Crippen molar-refractivity contribution in [3.8, 4) is 5.75 Å². The number of benzene rings is 1. The maximum absolute atomic E-state index is 13.0. The van der Waals surface area contributed by atoms with Crippen LogP contribution in [-0.4, -0.2) is 72.6 Å². The third-order valence-corrected chi connectivity index (χ3v) is 6.42. The van der Waals surface area contributed by atoms with Crippen molar-refractivity contribution in [1.29, 1.82) is 0 Å². The minimum Gasteiger partial charge on any atom is -0.481 e. The molecule has 1 aromatic carbocycles. The molecule has 0 N–H and O–H groups in total. The summed E-state index contributed by atoms with van der Waals surface area (Å²) in [4.78, 5) is 24.3. The molecule has 31 heavy (non-hydrogen) atoms. The van der Waals surface area contributed by atoms with Gasteiger partial charge in [0.2, 0.25) is 0 Å². The molecule has 2 aromatic rings. The number of likely N-dealkylation sites (tertiary alicyclic amines) is 1. The molecule has 1 amide bonds. The van der Waals surface area contributed by atoms with E-state index in [0.29, 0.717) is 16.7 Å². The van der Waals surface area contributed by atoms with Gasteiger partial charge in [-0.2, -0.15) is 0 Å². The number of piperidine rings is 1. The van der Waals surface area contributed by atoms with E-state index in [1.807, 2.05) is 30.2 Å². The van der Waals surface area contributed by atoms with E-state index in [0.717, 1.165) is 58.1 Å². The number of aromatic nitrogens is 1. The van der Waals surface area contributed by atoms with Crippen LogP contribution in [0, 0.1) is 5.92 Å². The van der Waals surface area contributed by atoms with Gasteiger partial charge in [0.1, 0.15) is 11.6 Å². The van der Waals surface area contributed by atoms with Crippen molar-refractivity contribution in [3.63, 3.8) is 0 Å². The van der Waals surface area contributed by atoms with Gasteiger partial charge in [-0.25, -0.2) is 4.98 Å². The Balaban J connectivity index is 1.24. The average Bonchev–Trinajstić information content (AvgIpc) is 2.81. The van der Waals surface area contributed by atoms with Gasteiger partial charge in [-0.05, 0) is 62.1 Å². The predicted molar refractivity (Wildman–Crippen MR) is 124 cm³/mol. The smallest absolute Gasteiger partial charge is 0.263 e. The van der Waals surface area contributed by atoms with E-state index in [1.54, 1.807) is 24.3 Å². The second-order valence-electron chi connectivity index (χ2n) is 8.48. The number of halogens is 1. The zero-order valence-electron chi connectivity index (χ0n) is 18.1. The Labute approximate surface area is 189 Å². The van der Waals surface area contributed by atoms with Crippen LogP contribution in [-0.2, 0) is 4.79 Å². The first-order valence-electron chi connectivity index (χ1n) is 11.2. The number of pyridine rings is 1. The second kappa shape index (κ2) is 10.3. The van der Waals surface area contributed by atoms with Crippen LogP contribution in [0.5, 0.6) is 5.75 Å². The summed E-state index contributed by atoms with van der Waals surface area (Å²) in [6.45, 7) is 8.58. The zero-order chi connectivity index (χ0) is 21.6. The molecule has 2 atom stereocenters. The summed E-state index contributed by atoms with van der Waals surface area (Å²) in [7, 11) is 0. The van der Waals surface area contributed by atoms with Gasteiger partial charge in [0, 0.05) is 57.0 Å². The lowest BCUT2D eigenvalue weighted by Crippen LogP contribution is -2.51. The normalized spacial score (nSPS) is 21.0. The van der Waals surface area contributed by atoms with E-state index in [9.17, 15) is 4.79 Å². The average molecular weight is 443 g/mol. The van der Waals surface area contributed by atoms with E-state index in [1.165, 1.54) is 6.42 Å². The Morgan fingerprint density at radius 3 is 2.61 bits per heavy atom. The molecule has 2 fully saturated rings. The Morgan fingerprint density at radius 2 is 1.90 bits per heavy atom. The van der Waals surface area contributed by atoms with Crippen LogP contribution >= 0.6 is 11.6 Å². The largest absolute Gasteiger partial charge is 0.481 e. The predicted octanol–water partition coefficient (Wildman–Crippen LogP) is 3.56. The van der Waals surface area contributed by atoms with E-state index in [2.05, 4.69) is 20.9 Å². The SMILES string of the molecule is CC(Oc1ccc(Cl)cc1)C(=O)N1CCCC(CN2CCN(c3ccccn3)CC2)C1. The minimum atomic E-state index is -0.498. The summed E-state index contributed by atoms with van der Waals surface area (Å²) in [6, 6.07) is 13.2. The van der Waals surface area contributed by atoms with Gasteiger partial charge in [0.25, 0.3) is 5.91 Å². The number of rotatable bonds is 6. The summed E-state index contributed by atoms with van der Waals surface area (Å²) in [6.07, 6.45) is 3.59. The first-order chi connectivity index (χ1) is 15.1. The van der Waals surface area contributed by atoms with E-state index < -0.39 is 6.10 Å². The molecule has 2 aliphatic heterocycles. The van der Waals surface area contributed by atoms with E-state index in [-0.39, 0.29) is 5.91 Å². The molecule has 3 heterocycles. The topological polar surface area (TPSA) is 48.9 Å². The third-order valence-electron chi connectivity index (χ3n) is 6.17. The number of hydrogen-bond donors (Lipinski definition) is 0. The Hall–Kier alpha value is -2.31. The van der Waals surface area contributed by atoms with Crippen LogP contribution in [0.3, 0.4) is 0 Å². The molecule has 4 rings (SSSR count). The van der Waals surface area contributed by atoms with Gasteiger partial charge in [-0.15, -0.1) is 0 Å². The summed E-state index contributed by atoms with van der Waals surface area (Å²) in [5, 5.41) is 0.658. The number of nitrogens with zero attached hydrogens (tertiary/aromatic N) is 4. The van der Waals surface area contributed by atoms with Crippen LogP contribution in [0.15, 0.2) is 48.7 Å². The van der Waals surface area contributed by atoms with Crippen molar-refractivity contribution in [2.45, 2.75) is 25.9 Å². The summed E-state index contributed by atoms with van der Waals surface area (Å²) >= 11 is 5.93. The number of hydrogen-bond acceptors (Lipinski definition) is 5. The van der Waals surface area contributed by atoms with Crippen LogP contribution in [0.25, 0.3) is 0 Å². The van der Waals surface area contributed by atoms with Crippen molar-refractivity contribution in [2.75, 3.05) is 50.7 Å². The highest BCUT2D eigenvalue weighted by atomic mass is 35.5. The van der Waals surface area contributed by atoms with Crippen molar-refractivity contribution in [1.82, 2.24) is 14.8 Å². The van der Waals surface area contributed by atoms with Gasteiger partial charge in [-0.1, -0.05) is 17.7 Å². The summed E-state index contributed by atoms with van der Waals surface area (Å²) in [5.74, 6) is 2.32. The molecule has 2 aliphatic rings. The highest BCUT2D eigenvalue weighted by Gasteiger charge is 2.29. The fourth-order valence-electron chi connectivity index (χ4n) is 4.50. The van der Waals surface area contributed by atoms with Crippen LogP contribution in [0.2, 0.25) is 5.02 Å². The van der Waals surface area contributed by atoms with Crippen LogP contribution in [0.1, 0.15) is 19.8 Å². The first-order valence-corrected chi connectivity index (χ1v) is 11.6. The molecule has 0 spiro atoms. The highest BCUT2D eigenvalue weighted by Crippen LogP contribution is 2.22. The number of carbonyl (C=O) groups excluding carboxylic acids is 1. The highest BCUT2D eigenvalue weighted by molar-refractivity contribution is 6.30. The van der Waals surface area contributed by atoms with Crippen molar-refractivity contribution >= 4 is 23.3 Å². The minimum absolute atomic E-state index is 0.0691. The maximum Gasteiger partial charge on any atom is 0.263 e. The fraction of sp³-hybridized carbons (Fsp3) is 0.500. The number of anilines is 1. The molecule has 166 valence electrons. The lowest BCUT2D eigenvalue weighted by atomic mass is 9.96. The monoisotopic (exact) mass is 442 g/mol. The lowest BCUT2D eigenvalue weighted by molar-refractivity contribution is -0.140. The molecule has 7 heteroatoms. The molecule has 6 nitrogen and oxygen atoms in total. The molecular formula is C24H31ClN4O2. The second-order valence-corrected chi connectivity index (χ2v) is 8.92. The number of ether oxygens (including phenoxy) is 1. The van der Waals surface area contributed by atoms with Gasteiger partial charge >= 0.3 is 0 Å². The molecule has 2 unspecified atom stereocenters. The Morgan fingerprint density at radius 1 is 1.13 bits per heavy atom.